The third-order valence-electron chi connectivity index (χ3n) is 2.07. The second-order valence-corrected chi connectivity index (χ2v) is 5.69. The van der Waals surface area contributed by atoms with E-state index >= 15 is 0 Å². The lowest BCUT2D eigenvalue weighted by Gasteiger charge is -2.03. The minimum Gasteiger partial charge on any atom is -0.481 e. The van der Waals surface area contributed by atoms with Crippen LogP contribution in [0, 0.1) is 17.1 Å². The van der Waals surface area contributed by atoms with E-state index in [1.807, 2.05) is 6.07 Å². The van der Waals surface area contributed by atoms with Crippen molar-refractivity contribution < 1.29 is 14.3 Å². The fraction of sp³-hybridized carbons (Fsp3) is 0.0909. The quantitative estimate of drug-likeness (QED) is 0.818. The minimum absolute atomic E-state index is 0.111. The van der Waals surface area contributed by atoms with Crippen LogP contribution >= 0.6 is 23.1 Å². The first-order chi connectivity index (χ1) is 9.58. The Labute approximate surface area is 121 Å². The SMILES string of the molecule is N#Cc1ccc(Nc2nnc(SCC(=O)O)s2)c(F)c1. The maximum atomic E-state index is 13.6. The van der Waals surface area contributed by atoms with Gasteiger partial charge in [0.1, 0.15) is 5.82 Å². The van der Waals surface area contributed by atoms with Gasteiger partial charge in [-0.15, -0.1) is 10.2 Å². The standard InChI is InChI=1S/C11H7FN4O2S2/c12-7-3-6(4-13)1-2-8(7)14-10-15-16-11(20-10)19-5-9(17)18/h1-3H,5H2,(H,14,15)(H,17,18). The summed E-state index contributed by atoms with van der Waals surface area (Å²) in [5.41, 5.74) is 0.401. The second kappa shape index (κ2) is 6.31. The zero-order valence-electron chi connectivity index (χ0n) is 9.83. The molecule has 20 heavy (non-hydrogen) atoms. The summed E-state index contributed by atoms with van der Waals surface area (Å²) in [4.78, 5) is 10.4. The summed E-state index contributed by atoms with van der Waals surface area (Å²) in [5.74, 6) is -1.63. The Morgan fingerprint density at radius 3 is 3.00 bits per heavy atom. The average molecular weight is 310 g/mol. The van der Waals surface area contributed by atoms with Crippen molar-refractivity contribution in [3.63, 3.8) is 0 Å². The van der Waals surface area contributed by atoms with Crippen molar-refractivity contribution in [1.82, 2.24) is 10.2 Å². The number of carbonyl (C=O) groups is 1. The molecule has 0 radical (unpaired) electrons. The monoisotopic (exact) mass is 310 g/mol. The van der Waals surface area contributed by atoms with Crippen LogP contribution in [0.4, 0.5) is 15.2 Å². The molecule has 0 atom stereocenters. The highest BCUT2D eigenvalue weighted by Gasteiger charge is 2.09. The molecular weight excluding hydrogens is 303 g/mol. The van der Waals surface area contributed by atoms with E-state index in [9.17, 15) is 9.18 Å². The van der Waals surface area contributed by atoms with Crippen molar-refractivity contribution in [3.8, 4) is 6.07 Å². The highest BCUT2D eigenvalue weighted by atomic mass is 32.2. The molecule has 0 unspecified atom stereocenters. The van der Waals surface area contributed by atoms with E-state index in [0.717, 1.165) is 29.2 Å². The highest BCUT2D eigenvalue weighted by Crippen LogP contribution is 2.28. The lowest BCUT2D eigenvalue weighted by atomic mass is 10.2. The first kappa shape index (κ1) is 14.2. The van der Waals surface area contributed by atoms with Gasteiger partial charge >= 0.3 is 5.97 Å². The molecule has 102 valence electrons. The molecular formula is C11H7FN4O2S2. The molecule has 0 fully saturated rings. The maximum Gasteiger partial charge on any atom is 0.313 e. The Kier molecular flexibility index (Phi) is 4.49. The number of aliphatic carboxylic acids is 1. The third-order valence-corrected chi connectivity index (χ3v) is 4.02. The van der Waals surface area contributed by atoms with Gasteiger partial charge in [-0.05, 0) is 18.2 Å². The van der Waals surface area contributed by atoms with Crippen LogP contribution in [0.25, 0.3) is 0 Å². The van der Waals surface area contributed by atoms with Gasteiger partial charge in [0, 0.05) is 0 Å². The highest BCUT2D eigenvalue weighted by molar-refractivity contribution is 8.01. The van der Waals surface area contributed by atoms with Crippen LogP contribution in [-0.2, 0) is 4.79 Å². The molecule has 0 aliphatic carbocycles. The van der Waals surface area contributed by atoms with Crippen molar-refractivity contribution in [2.24, 2.45) is 0 Å². The second-order valence-electron chi connectivity index (χ2n) is 3.49. The van der Waals surface area contributed by atoms with Gasteiger partial charge in [-0.2, -0.15) is 5.26 Å². The van der Waals surface area contributed by atoms with E-state index in [1.54, 1.807) is 0 Å². The Morgan fingerprint density at radius 1 is 1.55 bits per heavy atom. The van der Waals surface area contributed by atoms with E-state index in [1.165, 1.54) is 12.1 Å². The van der Waals surface area contributed by atoms with E-state index in [-0.39, 0.29) is 17.0 Å². The zero-order valence-corrected chi connectivity index (χ0v) is 11.5. The van der Waals surface area contributed by atoms with Crippen molar-refractivity contribution in [2.75, 3.05) is 11.1 Å². The van der Waals surface area contributed by atoms with Gasteiger partial charge in [-0.25, -0.2) is 4.39 Å². The normalized spacial score (nSPS) is 10.0. The van der Waals surface area contributed by atoms with Gasteiger partial charge < -0.3 is 10.4 Å². The molecule has 0 bridgehead atoms. The number of carboxylic acids is 1. The molecule has 2 rings (SSSR count). The Balaban J connectivity index is 2.07. The third kappa shape index (κ3) is 3.66. The topological polar surface area (TPSA) is 98.9 Å². The van der Waals surface area contributed by atoms with Crippen LogP contribution in [0.5, 0.6) is 0 Å². The number of nitrogens with one attached hydrogen (secondary N) is 1. The molecule has 2 N–H and O–H groups in total. The molecule has 0 saturated carbocycles. The van der Waals surface area contributed by atoms with Crippen LogP contribution in [0.1, 0.15) is 5.56 Å². The van der Waals surface area contributed by atoms with E-state index in [0.29, 0.717) is 9.47 Å². The molecule has 0 spiro atoms. The van der Waals surface area contributed by atoms with Crippen LogP contribution in [0.3, 0.4) is 0 Å². The largest absolute Gasteiger partial charge is 0.481 e. The Morgan fingerprint density at radius 2 is 2.35 bits per heavy atom. The molecule has 0 amide bonds. The summed E-state index contributed by atoms with van der Waals surface area (Å²) in [5, 5.41) is 27.8. The number of thioether (sulfide) groups is 1. The minimum atomic E-state index is -0.946. The number of hydrogen-bond donors (Lipinski definition) is 2. The van der Waals surface area contributed by atoms with Crippen LogP contribution < -0.4 is 5.32 Å². The molecule has 9 heteroatoms. The van der Waals surface area contributed by atoms with Gasteiger partial charge in [0.05, 0.1) is 23.1 Å². The number of benzene rings is 1. The number of hydrogen-bond acceptors (Lipinski definition) is 7. The van der Waals surface area contributed by atoms with Crippen molar-refractivity contribution >= 4 is 39.9 Å². The fourth-order valence-electron chi connectivity index (χ4n) is 1.24. The number of aromatic nitrogens is 2. The molecule has 0 saturated heterocycles. The van der Waals surface area contributed by atoms with Gasteiger partial charge in [0.2, 0.25) is 5.13 Å². The summed E-state index contributed by atoms with van der Waals surface area (Å²) in [6.07, 6.45) is 0. The smallest absolute Gasteiger partial charge is 0.313 e. The van der Waals surface area contributed by atoms with E-state index in [4.69, 9.17) is 10.4 Å². The van der Waals surface area contributed by atoms with Crippen LogP contribution in [0.2, 0.25) is 0 Å². The number of nitrogens with zero attached hydrogens (tertiary/aromatic N) is 3. The summed E-state index contributed by atoms with van der Waals surface area (Å²) in [6.45, 7) is 0. The number of anilines is 2. The molecule has 1 aromatic carbocycles. The van der Waals surface area contributed by atoms with Crippen LogP contribution in [0.15, 0.2) is 22.5 Å². The zero-order chi connectivity index (χ0) is 14.5. The van der Waals surface area contributed by atoms with E-state index in [2.05, 4.69) is 15.5 Å². The number of carboxylic acid groups (broad SMARTS) is 1. The molecule has 1 heterocycles. The fourth-order valence-corrected chi connectivity index (χ4v) is 2.73. The summed E-state index contributed by atoms with van der Waals surface area (Å²) < 4.78 is 14.1. The lowest BCUT2D eigenvalue weighted by molar-refractivity contribution is -0.133. The van der Waals surface area contributed by atoms with Crippen molar-refractivity contribution in [3.05, 3.63) is 29.6 Å². The number of rotatable bonds is 5. The van der Waals surface area contributed by atoms with Gasteiger partial charge in [-0.1, -0.05) is 23.1 Å². The maximum absolute atomic E-state index is 13.6. The predicted octanol–water partition coefficient (Wildman–Crippen LogP) is 2.47. The first-order valence-corrected chi connectivity index (χ1v) is 7.03. The van der Waals surface area contributed by atoms with Crippen molar-refractivity contribution in [2.45, 2.75) is 4.34 Å². The summed E-state index contributed by atoms with van der Waals surface area (Å²) in [6, 6.07) is 5.86. The predicted molar refractivity (Wildman–Crippen MR) is 72.7 cm³/mol. The van der Waals surface area contributed by atoms with Crippen molar-refractivity contribution in [1.29, 1.82) is 5.26 Å². The molecule has 6 nitrogen and oxygen atoms in total. The Bertz CT molecular complexity index is 683. The number of halogens is 1. The molecule has 0 aliphatic rings. The number of nitriles is 1. The Hall–Kier alpha value is -2.18. The lowest BCUT2D eigenvalue weighted by Crippen LogP contribution is -1.96. The molecule has 0 aliphatic heterocycles. The molecule has 1 aromatic heterocycles. The average Bonchev–Trinajstić information content (AvgIpc) is 2.86. The van der Waals surface area contributed by atoms with Gasteiger partial charge in [0.25, 0.3) is 0 Å². The van der Waals surface area contributed by atoms with Gasteiger partial charge in [0.15, 0.2) is 4.34 Å². The summed E-state index contributed by atoms with van der Waals surface area (Å²) >= 11 is 2.16. The molecule has 2 aromatic rings. The first-order valence-electron chi connectivity index (χ1n) is 5.23. The summed E-state index contributed by atoms with van der Waals surface area (Å²) in [7, 11) is 0. The van der Waals surface area contributed by atoms with Gasteiger partial charge in [-0.3, -0.25) is 4.79 Å². The van der Waals surface area contributed by atoms with Crippen LogP contribution in [-0.4, -0.2) is 27.0 Å². The van der Waals surface area contributed by atoms with E-state index < -0.39 is 11.8 Å².